The third-order valence-electron chi connectivity index (χ3n) is 4.20. The molecule has 4 rings (SSSR count). The molecule has 24 heavy (non-hydrogen) atoms. The summed E-state index contributed by atoms with van der Waals surface area (Å²) in [5.74, 6) is 0.343. The first kappa shape index (κ1) is 14.4. The van der Waals surface area contributed by atoms with Gasteiger partial charge in [0, 0.05) is 23.3 Å². The average molecular weight is 323 g/mol. The molecule has 0 unspecified atom stereocenters. The van der Waals surface area contributed by atoms with E-state index < -0.39 is 5.91 Å². The maximum absolute atomic E-state index is 11.6. The monoisotopic (exact) mass is 323 g/mol. The van der Waals surface area contributed by atoms with Gasteiger partial charge in [0.25, 0.3) is 5.91 Å². The third-order valence-corrected chi connectivity index (χ3v) is 4.20. The lowest BCUT2D eigenvalue weighted by Gasteiger charge is -2.27. The summed E-state index contributed by atoms with van der Waals surface area (Å²) in [6.07, 6.45) is 6.54. The molecule has 2 aromatic heterocycles. The molecule has 0 spiro atoms. The predicted octanol–water partition coefficient (Wildman–Crippen LogP) is 2.16. The van der Waals surface area contributed by atoms with Gasteiger partial charge in [-0.1, -0.05) is 0 Å². The van der Waals surface area contributed by atoms with Crippen LogP contribution in [0.15, 0.2) is 30.6 Å². The molecular weight excluding hydrogens is 306 g/mol. The van der Waals surface area contributed by atoms with Crippen LogP contribution in [0.2, 0.25) is 0 Å². The van der Waals surface area contributed by atoms with Crippen LogP contribution in [0.1, 0.15) is 29.6 Å². The maximum atomic E-state index is 11.6. The van der Waals surface area contributed by atoms with Gasteiger partial charge in [0.2, 0.25) is 5.95 Å². The molecule has 122 valence electrons. The second-order valence-corrected chi connectivity index (χ2v) is 5.89. The van der Waals surface area contributed by atoms with Crippen molar-refractivity contribution in [3.63, 3.8) is 0 Å². The van der Waals surface area contributed by atoms with E-state index in [-0.39, 0.29) is 0 Å². The number of fused-ring (bicyclic) bond motifs is 1. The molecule has 1 fully saturated rings. The molecule has 1 aliphatic carbocycles. The fourth-order valence-electron chi connectivity index (χ4n) is 2.62. The second kappa shape index (κ2) is 5.80. The van der Waals surface area contributed by atoms with Crippen molar-refractivity contribution in [2.75, 3.05) is 10.6 Å². The lowest BCUT2D eigenvalue weighted by Crippen LogP contribution is -2.29. The Morgan fingerprint density at radius 1 is 1.29 bits per heavy atom. The number of hydrogen-bond donors (Lipinski definition) is 4. The highest BCUT2D eigenvalue weighted by Crippen LogP contribution is 2.25. The largest absolute Gasteiger partial charge is 0.367 e. The van der Waals surface area contributed by atoms with Crippen LogP contribution in [0, 0.1) is 0 Å². The summed E-state index contributed by atoms with van der Waals surface area (Å²) in [5.41, 5.74) is 7.46. The zero-order valence-electron chi connectivity index (χ0n) is 12.9. The molecule has 8 nitrogen and oxygen atoms in total. The van der Waals surface area contributed by atoms with E-state index in [1.807, 2.05) is 18.2 Å². The third kappa shape index (κ3) is 2.73. The Bertz CT molecular complexity index is 900. The quantitative estimate of drug-likeness (QED) is 0.571. The van der Waals surface area contributed by atoms with Crippen LogP contribution >= 0.6 is 0 Å². The molecule has 1 saturated carbocycles. The van der Waals surface area contributed by atoms with Gasteiger partial charge in [-0.15, -0.1) is 0 Å². The summed E-state index contributed by atoms with van der Waals surface area (Å²) in [4.78, 5) is 20.2. The zero-order chi connectivity index (χ0) is 16.5. The molecule has 8 heteroatoms. The average Bonchev–Trinajstić information content (AvgIpc) is 2.98. The topological polar surface area (TPSA) is 122 Å². The van der Waals surface area contributed by atoms with Gasteiger partial charge in [-0.3, -0.25) is 9.89 Å². The fraction of sp³-hybridized carbons (Fsp3) is 0.250. The number of H-pyrrole nitrogens is 1. The van der Waals surface area contributed by atoms with Gasteiger partial charge >= 0.3 is 0 Å². The number of nitrogens with zero attached hydrogens (tertiary/aromatic N) is 3. The number of hydrogen-bond acceptors (Lipinski definition) is 6. The molecule has 2 heterocycles. The number of anilines is 3. The minimum atomic E-state index is -0.540. The molecule has 1 aromatic carbocycles. The lowest BCUT2D eigenvalue weighted by atomic mass is 9.93. The van der Waals surface area contributed by atoms with Gasteiger partial charge < -0.3 is 16.4 Å². The maximum Gasteiger partial charge on any atom is 0.254 e. The van der Waals surface area contributed by atoms with Crippen LogP contribution in [-0.2, 0) is 0 Å². The van der Waals surface area contributed by atoms with Crippen LogP contribution in [0.4, 0.5) is 17.5 Å². The van der Waals surface area contributed by atoms with Crippen molar-refractivity contribution in [3.8, 4) is 0 Å². The standard InChI is InChI=1S/C16H17N7O/c17-14(24)12-8-18-16(22-15(12)20-10-2-1-3-10)21-11-5-4-9-7-19-23-13(9)6-11/h4-8,10H,1-3H2,(H2,17,24)(H,19,23)(H2,18,20,21,22). The highest BCUT2D eigenvalue weighted by Gasteiger charge is 2.21. The van der Waals surface area contributed by atoms with Crippen molar-refractivity contribution in [1.29, 1.82) is 0 Å². The minimum absolute atomic E-state index is 0.302. The Hall–Kier alpha value is -3.16. The number of carbonyl (C=O) groups excluding carboxylic acids is 1. The van der Waals surface area contributed by atoms with Crippen LogP contribution in [0.3, 0.4) is 0 Å². The molecule has 0 aliphatic heterocycles. The highest BCUT2D eigenvalue weighted by molar-refractivity contribution is 5.97. The lowest BCUT2D eigenvalue weighted by molar-refractivity contribution is 0.100. The van der Waals surface area contributed by atoms with Crippen LogP contribution < -0.4 is 16.4 Å². The Morgan fingerprint density at radius 3 is 2.92 bits per heavy atom. The second-order valence-electron chi connectivity index (χ2n) is 5.89. The van der Waals surface area contributed by atoms with Crippen molar-refractivity contribution >= 4 is 34.3 Å². The van der Waals surface area contributed by atoms with E-state index in [4.69, 9.17) is 5.73 Å². The summed E-state index contributed by atoms with van der Waals surface area (Å²) in [6.45, 7) is 0. The molecule has 3 aromatic rings. The number of benzene rings is 1. The number of rotatable bonds is 5. The van der Waals surface area contributed by atoms with E-state index in [0.717, 1.165) is 29.4 Å². The molecule has 1 amide bonds. The molecule has 1 aliphatic rings. The minimum Gasteiger partial charge on any atom is -0.367 e. The molecular formula is C16H17N7O. The van der Waals surface area contributed by atoms with Crippen molar-refractivity contribution < 1.29 is 4.79 Å². The molecule has 0 saturated heterocycles. The van der Waals surface area contributed by atoms with E-state index in [2.05, 4.69) is 30.8 Å². The Balaban J connectivity index is 1.61. The molecule has 0 radical (unpaired) electrons. The molecule has 0 bridgehead atoms. The van der Waals surface area contributed by atoms with Crippen LogP contribution in [0.25, 0.3) is 10.9 Å². The Labute approximate surface area is 137 Å². The van der Waals surface area contributed by atoms with Crippen molar-refractivity contribution in [1.82, 2.24) is 20.2 Å². The zero-order valence-corrected chi connectivity index (χ0v) is 12.9. The van der Waals surface area contributed by atoms with E-state index in [9.17, 15) is 4.79 Å². The number of primary amides is 1. The normalized spacial score (nSPS) is 14.3. The van der Waals surface area contributed by atoms with E-state index >= 15 is 0 Å². The number of aromatic nitrogens is 4. The number of aromatic amines is 1. The summed E-state index contributed by atoms with van der Waals surface area (Å²) in [7, 11) is 0. The number of nitrogens with two attached hydrogens (primary N) is 1. The summed E-state index contributed by atoms with van der Waals surface area (Å²) < 4.78 is 0. The van der Waals surface area contributed by atoms with E-state index in [1.54, 1.807) is 6.20 Å². The van der Waals surface area contributed by atoms with Crippen LogP contribution in [0.5, 0.6) is 0 Å². The summed E-state index contributed by atoms with van der Waals surface area (Å²) in [5, 5.41) is 14.4. The molecule has 0 atom stereocenters. The number of amides is 1. The predicted molar refractivity (Wildman–Crippen MR) is 91.2 cm³/mol. The molecule has 5 N–H and O–H groups in total. The van der Waals surface area contributed by atoms with Gasteiger partial charge in [0.1, 0.15) is 5.82 Å². The summed E-state index contributed by atoms with van der Waals surface area (Å²) >= 11 is 0. The van der Waals surface area contributed by atoms with Gasteiger partial charge in [-0.05, 0) is 37.5 Å². The van der Waals surface area contributed by atoms with Crippen molar-refractivity contribution in [2.45, 2.75) is 25.3 Å². The summed E-state index contributed by atoms with van der Waals surface area (Å²) in [6, 6.07) is 6.13. The van der Waals surface area contributed by atoms with Crippen molar-refractivity contribution in [2.24, 2.45) is 5.73 Å². The van der Waals surface area contributed by atoms with Crippen molar-refractivity contribution in [3.05, 3.63) is 36.2 Å². The SMILES string of the molecule is NC(=O)c1cnc(Nc2ccc3cn[nH]c3c2)nc1NC1CCC1. The number of carbonyl (C=O) groups is 1. The van der Waals surface area contributed by atoms with Gasteiger partial charge in [0.05, 0.1) is 17.3 Å². The Morgan fingerprint density at radius 2 is 2.17 bits per heavy atom. The first-order valence-corrected chi connectivity index (χ1v) is 7.82. The van der Waals surface area contributed by atoms with Gasteiger partial charge in [-0.2, -0.15) is 10.1 Å². The van der Waals surface area contributed by atoms with E-state index in [0.29, 0.717) is 23.4 Å². The highest BCUT2D eigenvalue weighted by atomic mass is 16.1. The fourth-order valence-corrected chi connectivity index (χ4v) is 2.62. The van der Waals surface area contributed by atoms with E-state index in [1.165, 1.54) is 12.6 Å². The van der Waals surface area contributed by atoms with Gasteiger partial charge in [-0.25, -0.2) is 4.98 Å². The number of nitrogens with one attached hydrogen (secondary N) is 3. The first-order chi connectivity index (χ1) is 11.7. The Kier molecular flexibility index (Phi) is 3.49. The van der Waals surface area contributed by atoms with Gasteiger partial charge in [0.15, 0.2) is 0 Å². The smallest absolute Gasteiger partial charge is 0.254 e. The first-order valence-electron chi connectivity index (χ1n) is 7.82. The van der Waals surface area contributed by atoms with Crippen LogP contribution in [-0.4, -0.2) is 32.1 Å².